The van der Waals surface area contributed by atoms with Crippen LogP contribution in [0.2, 0.25) is 0 Å². The number of hydrazone groups is 1. The Morgan fingerprint density at radius 1 is 0.929 bits per heavy atom. The molecule has 3 rings (SSSR count). The second-order valence-electron chi connectivity index (χ2n) is 6.07. The van der Waals surface area contributed by atoms with Crippen molar-refractivity contribution in [2.24, 2.45) is 5.10 Å². The van der Waals surface area contributed by atoms with E-state index in [0.29, 0.717) is 28.3 Å². The quantitative estimate of drug-likeness (QED) is 0.516. The van der Waals surface area contributed by atoms with Gasteiger partial charge in [-0.3, -0.25) is 9.59 Å². The zero-order valence-electron chi connectivity index (χ0n) is 15.3. The summed E-state index contributed by atoms with van der Waals surface area (Å²) in [5.74, 6) is -0.546. The largest absolute Gasteiger partial charge is 0.469 e. The molecule has 0 saturated heterocycles. The number of hydrogen-bond donors (Lipinski definition) is 2. The van der Waals surface area contributed by atoms with E-state index < -0.39 is 11.7 Å². The van der Waals surface area contributed by atoms with Crippen LogP contribution in [-0.2, 0) is 0 Å². The number of benzene rings is 2. The van der Waals surface area contributed by atoms with Crippen molar-refractivity contribution in [1.82, 2.24) is 5.43 Å². The Bertz CT molecular complexity index is 1020. The van der Waals surface area contributed by atoms with Crippen LogP contribution in [0.15, 0.2) is 70.4 Å². The van der Waals surface area contributed by atoms with Crippen LogP contribution in [0.4, 0.5) is 10.1 Å². The Balaban J connectivity index is 1.63. The second-order valence-corrected chi connectivity index (χ2v) is 6.07. The zero-order chi connectivity index (χ0) is 20.1. The lowest BCUT2D eigenvalue weighted by Crippen LogP contribution is -2.19. The number of carbonyl (C=O) groups is 2. The monoisotopic (exact) mass is 379 g/mol. The molecule has 1 aromatic heterocycles. The third-order valence-electron chi connectivity index (χ3n) is 4.10. The van der Waals surface area contributed by atoms with Crippen LogP contribution in [0.5, 0.6) is 0 Å². The highest BCUT2D eigenvalue weighted by atomic mass is 19.1. The highest BCUT2D eigenvalue weighted by Gasteiger charge is 2.11. The minimum Gasteiger partial charge on any atom is -0.469 e. The van der Waals surface area contributed by atoms with Crippen molar-refractivity contribution in [3.63, 3.8) is 0 Å². The number of rotatable bonds is 5. The molecule has 0 bridgehead atoms. The third-order valence-corrected chi connectivity index (χ3v) is 4.10. The molecule has 6 nitrogen and oxygen atoms in total. The SMILES string of the molecule is C/C(=N\NC(=O)c1ccc(F)cc1)c1ccc(NC(=O)c2ccoc2C)cc1. The topological polar surface area (TPSA) is 83.7 Å². The first kappa shape index (κ1) is 19.0. The Morgan fingerprint density at radius 2 is 1.57 bits per heavy atom. The highest BCUT2D eigenvalue weighted by molar-refractivity contribution is 6.05. The Kier molecular flexibility index (Phi) is 5.64. The zero-order valence-corrected chi connectivity index (χ0v) is 15.3. The van der Waals surface area contributed by atoms with E-state index >= 15 is 0 Å². The molecule has 0 spiro atoms. The number of carbonyl (C=O) groups excluding carboxylic acids is 2. The molecule has 2 aromatic carbocycles. The molecule has 7 heteroatoms. The fraction of sp³-hybridized carbons (Fsp3) is 0.0952. The lowest BCUT2D eigenvalue weighted by molar-refractivity contribution is 0.0954. The summed E-state index contributed by atoms with van der Waals surface area (Å²) in [6.07, 6.45) is 1.47. The molecule has 0 aliphatic heterocycles. The smallest absolute Gasteiger partial charge is 0.271 e. The maximum absolute atomic E-state index is 12.9. The van der Waals surface area contributed by atoms with Crippen molar-refractivity contribution in [3.05, 3.63) is 89.1 Å². The first-order valence-corrected chi connectivity index (χ1v) is 8.50. The Labute approximate surface area is 161 Å². The molecule has 0 saturated carbocycles. The molecular formula is C21H18FN3O3. The van der Waals surface area contributed by atoms with Gasteiger partial charge in [-0.25, -0.2) is 9.82 Å². The minimum absolute atomic E-state index is 0.254. The van der Waals surface area contributed by atoms with E-state index in [1.807, 2.05) is 0 Å². The molecule has 0 atom stereocenters. The van der Waals surface area contributed by atoms with Gasteiger partial charge in [0.1, 0.15) is 11.6 Å². The molecule has 0 radical (unpaired) electrons. The van der Waals surface area contributed by atoms with Crippen molar-refractivity contribution < 1.29 is 18.4 Å². The summed E-state index contributed by atoms with van der Waals surface area (Å²) in [7, 11) is 0. The molecule has 0 unspecified atom stereocenters. The molecule has 1 heterocycles. The van der Waals surface area contributed by atoms with Gasteiger partial charge in [0, 0.05) is 11.3 Å². The van der Waals surface area contributed by atoms with Crippen LogP contribution < -0.4 is 10.7 Å². The lowest BCUT2D eigenvalue weighted by Gasteiger charge is -2.07. The minimum atomic E-state index is -0.432. The Hall–Kier alpha value is -3.74. The van der Waals surface area contributed by atoms with Gasteiger partial charge in [-0.15, -0.1) is 0 Å². The van der Waals surface area contributed by atoms with E-state index in [0.717, 1.165) is 5.56 Å². The number of nitrogens with one attached hydrogen (secondary N) is 2. The van der Waals surface area contributed by atoms with E-state index in [1.54, 1.807) is 44.2 Å². The molecule has 0 aliphatic rings. The van der Waals surface area contributed by atoms with E-state index in [9.17, 15) is 14.0 Å². The summed E-state index contributed by atoms with van der Waals surface area (Å²) in [5.41, 5.74) is 5.20. The van der Waals surface area contributed by atoms with E-state index in [4.69, 9.17) is 4.42 Å². The predicted octanol–water partition coefficient (Wildman–Crippen LogP) is 4.13. The maximum atomic E-state index is 12.9. The third kappa shape index (κ3) is 4.50. The van der Waals surface area contributed by atoms with Gasteiger partial charge in [-0.05, 0) is 61.9 Å². The van der Waals surface area contributed by atoms with Gasteiger partial charge in [0.25, 0.3) is 11.8 Å². The summed E-state index contributed by atoms with van der Waals surface area (Å²) in [4.78, 5) is 24.2. The van der Waals surface area contributed by atoms with Crippen molar-refractivity contribution in [3.8, 4) is 0 Å². The van der Waals surface area contributed by atoms with Crippen molar-refractivity contribution >= 4 is 23.2 Å². The van der Waals surface area contributed by atoms with E-state index in [2.05, 4.69) is 15.8 Å². The fourth-order valence-corrected chi connectivity index (χ4v) is 2.48. The van der Waals surface area contributed by atoms with Gasteiger partial charge < -0.3 is 9.73 Å². The van der Waals surface area contributed by atoms with Crippen molar-refractivity contribution in [2.75, 3.05) is 5.32 Å². The fourth-order valence-electron chi connectivity index (χ4n) is 2.48. The number of aryl methyl sites for hydroxylation is 1. The first-order valence-electron chi connectivity index (χ1n) is 8.50. The van der Waals surface area contributed by atoms with Gasteiger partial charge in [0.05, 0.1) is 17.5 Å². The number of anilines is 1. The first-order chi connectivity index (χ1) is 13.4. The number of nitrogens with zero attached hydrogens (tertiary/aromatic N) is 1. The number of halogens is 1. The van der Waals surface area contributed by atoms with Crippen LogP contribution in [0, 0.1) is 12.7 Å². The van der Waals surface area contributed by atoms with Gasteiger partial charge in [0.2, 0.25) is 0 Å². The van der Waals surface area contributed by atoms with Gasteiger partial charge in [0.15, 0.2) is 0 Å². The summed E-state index contributed by atoms with van der Waals surface area (Å²) in [6.45, 7) is 3.46. The van der Waals surface area contributed by atoms with Gasteiger partial charge >= 0.3 is 0 Å². The van der Waals surface area contributed by atoms with Crippen LogP contribution >= 0.6 is 0 Å². The van der Waals surface area contributed by atoms with Crippen LogP contribution in [0.25, 0.3) is 0 Å². The highest BCUT2D eigenvalue weighted by Crippen LogP contribution is 2.14. The summed E-state index contributed by atoms with van der Waals surface area (Å²) >= 11 is 0. The summed E-state index contributed by atoms with van der Waals surface area (Å²) in [6, 6.07) is 13.8. The lowest BCUT2D eigenvalue weighted by atomic mass is 10.1. The molecule has 0 fully saturated rings. The molecule has 0 aliphatic carbocycles. The van der Waals surface area contributed by atoms with E-state index in [-0.39, 0.29) is 5.91 Å². The maximum Gasteiger partial charge on any atom is 0.271 e. The van der Waals surface area contributed by atoms with Crippen molar-refractivity contribution in [1.29, 1.82) is 0 Å². The summed E-state index contributed by atoms with van der Waals surface area (Å²) in [5, 5.41) is 6.85. The molecule has 142 valence electrons. The van der Waals surface area contributed by atoms with Crippen LogP contribution in [0.3, 0.4) is 0 Å². The predicted molar refractivity (Wildman–Crippen MR) is 104 cm³/mol. The molecule has 2 amide bonds. The van der Waals surface area contributed by atoms with Gasteiger partial charge in [-0.1, -0.05) is 12.1 Å². The average molecular weight is 379 g/mol. The molecule has 28 heavy (non-hydrogen) atoms. The molecule has 3 aromatic rings. The van der Waals surface area contributed by atoms with Gasteiger partial charge in [-0.2, -0.15) is 5.10 Å². The Morgan fingerprint density at radius 3 is 2.18 bits per heavy atom. The standard InChI is InChI=1S/C21H18FN3O3/c1-13(24-25-20(26)16-3-7-17(22)8-4-16)15-5-9-18(10-6-15)23-21(27)19-11-12-28-14(19)2/h3-12H,1-2H3,(H,23,27)(H,25,26)/b24-13+. The molecular weight excluding hydrogens is 361 g/mol. The van der Waals surface area contributed by atoms with Crippen LogP contribution in [0.1, 0.15) is 39.0 Å². The average Bonchev–Trinajstić information content (AvgIpc) is 3.13. The summed E-state index contributed by atoms with van der Waals surface area (Å²) < 4.78 is 18.0. The number of hydrogen-bond acceptors (Lipinski definition) is 4. The van der Waals surface area contributed by atoms with Crippen LogP contribution in [-0.4, -0.2) is 17.5 Å². The van der Waals surface area contributed by atoms with Crippen molar-refractivity contribution in [2.45, 2.75) is 13.8 Å². The number of furan rings is 1. The normalized spacial score (nSPS) is 11.2. The second kappa shape index (κ2) is 8.30. The molecule has 2 N–H and O–H groups in total. The van der Waals surface area contributed by atoms with E-state index in [1.165, 1.54) is 30.5 Å². The number of amides is 2.